The van der Waals surface area contributed by atoms with E-state index in [9.17, 15) is 27.2 Å². The Hall–Kier alpha value is -2.71. The molecule has 146 valence electrons. The van der Waals surface area contributed by atoms with Gasteiger partial charge in [-0.25, -0.2) is 9.37 Å². The van der Waals surface area contributed by atoms with Crippen LogP contribution in [0.2, 0.25) is 0 Å². The fraction of sp³-hybridized carbons (Fsp3) is 0.389. The average molecular weight is 385 g/mol. The second-order valence-corrected chi connectivity index (χ2v) is 7.02. The van der Waals surface area contributed by atoms with Gasteiger partial charge in [0.05, 0.1) is 5.56 Å². The van der Waals surface area contributed by atoms with Crippen LogP contribution < -0.4 is 10.5 Å². The van der Waals surface area contributed by atoms with E-state index in [2.05, 4.69) is 9.97 Å². The van der Waals surface area contributed by atoms with Gasteiger partial charge in [-0.1, -0.05) is 19.9 Å². The summed E-state index contributed by atoms with van der Waals surface area (Å²) >= 11 is 0. The third kappa shape index (κ3) is 4.72. The van der Waals surface area contributed by atoms with Gasteiger partial charge in [0.1, 0.15) is 11.5 Å². The van der Waals surface area contributed by atoms with Crippen LogP contribution in [0.15, 0.2) is 29.1 Å². The van der Waals surface area contributed by atoms with Crippen LogP contribution >= 0.6 is 0 Å². The zero-order valence-electron chi connectivity index (χ0n) is 15.2. The minimum atomic E-state index is -4.79. The molecule has 0 atom stereocenters. The highest BCUT2D eigenvalue weighted by Gasteiger charge is 2.35. The van der Waals surface area contributed by atoms with Crippen LogP contribution in [0.5, 0.6) is 0 Å². The number of benzene rings is 1. The molecule has 0 unspecified atom stereocenters. The van der Waals surface area contributed by atoms with E-state index in [1.54, 1.807) is 27.9 Å². The van der Waals surface area contributed by atoms with E-state index in [-0.39, 0.29) is 23.6 Å². The number of nitrogens with one attached hydrogen (secondary N) is 1. The van der Waals surface area contributed by atoms with Crippen LogP contribution in [-0.2, 0) is 11.6 Å². The number of rotatable bonds is 5. The van der Waals surface area contributed by atoms with Gasteiger partial charge in [0.15, 0.2) is 5.78 Å². The molecule has 0 radical (unpaired) electrons. The summed E-state index contributed by atoms with van der Waals surface area (Å²) in [5.74, 6) is -1.68. The molecule has 0 aliphatic heterocycles. The number of alkyl halides is 3. The van der Waals surface area contributed by atoms with E-state index < -0.39 is 34.3 Å². The lowest BCUT2D eigenvalue weighted by Crippen LogP contribution is -2.26. The standard InChI is InChI=1S/C18H19F4N3O2/c1-17(2,10-5-6-11(12(19)7-10)18(20,21)22)9-14(26)13-8-15(27)24-16(23-13)25(3)4/h5-8H,9H2,1-4H3,(H,23,24,27). The molecule has 0 bridgehead atoms. The molecule has 0 saturated heterocycles. The number of ketones is 1. The van der Waals surface area contributed by atoms with Crippen molar-refractivity contribution in [2.24, 2.45) is 0 Å². The Morgan fingerprint density at radius 2 is 1.81 bits per heavy atom. The molecule has 0 spiro atoms. The van der Waals surface area contributed by atoms with Crippen molar-refractivity contribution >= 4 is 11.7 Å². The highest BCUT2D eigenvalue weighted by molar-refractivity contribution is 5.95. The van der Waals surface area contributed by atoms with E-state index >= 15 is 0 Å². The molecule has 0 fully saturated rings. The number of hydrogen-bond donors (Lipinski definition) is 1. The molecule has 0 aliphatic rings. The SMILES string of the molecule is CN(C)c1nc(C(=O)CC(C)(C)c2ccc(C(F)(F)F)c(F)c2)cc(=O)[nH]1. The highest BCUT2D eigenvalue weighted by Crippen LogP contribution is 2.35. The Bertz CT molecular complexity index is 918. The lowest BCUT2D eigenvalue weighted by Gasteiger charge is -2.25. The summed E-state index contributed by atoms with van der Waals surface area (Å²) in [5, 5.41) is 0. The number of carbonyl (C=O) groups excluding carboxylic acids is 1. The number of Topliss-reactive ketones (excluding diaryl/α,β-unsaturated/α-hetero) is 1. The minimum Gasteiger partial charge on any atom is -0.348 e. The molecule has 2 aromatic rings. The molecule has 0 aliphatic carbocycles. The molecular weight excluding hydrogens is 366 g/mol. The van der Waals surface area contributed by atoms with Crippen LogP contribution in [0, 0.1) is 5.82 Å². The second-order valence-electron chi connectivity index (χ2n) is 7.02. The van der Waals surface area contributed by atoms with E-state index in [0.29, 0.717) is 6.07 Å². The fourth-order valence-electron chi connectivity index (χ4n) is 2.56. The first-order valence-corrected chi connectivity index (χ1v) is 8.00. The zero-order chi connectivity index (χ0) is 20.6. The first-order valence-electron chi connectivity index (χ1n) is 8.00. The van der Waals surface area contributed by atoms with Gasteiger partial charge in [0.2, 0.25) is 5.95 Å². The van der Waals surface area contributed by atoms with Crippen LogP contribution in [0.4, 0.5) is 23.5 Å². The first-order chi connectivity index (χ1) is 12.3. The van der Waals surface area contributed by atoms with Gasteiger partial charge in [0.25, 0.3) is 5.56 Å². The zero-order valence-corrected chi connectivity index (χ0v) is 15.2. The van der Waals surface area contributed by atoms with Gasteiger partial charge < -0.3 is 4.90 Å². The smallest absolute Gasteiger partial charge is 0.348 e. The third-order valence-corrected chi connectivity index (χ3v) is 4.10. The van der Waals surface area contributed by atoms with Gasteiger partial charge >= 0.3 is 6.18 Å². The quantitative estimate of drug-likeness (QED) is 0.632. The lowest BCUT2D eigenvalue weighted by atomic mass is 9.79. The molecule has 2 rings (SSSR count). The van der Waals surface area contributed by atoms with Gasteiger partial charge in [-0.15, -0.1) is 0 Å². The van der Waals surface area contributed by atoms with Crippen molar-refractivity contribution in [1.29, 1.82) is 0 Å². The molecule has 1 aromatic carbocycles. The summed E-state index contributed by atoms with van der Waals surface area (Å²) in [7, 11) is 3.28. The Morgan fingerprint density at radius 1 is 1.19 bits per heavy atom. The number of aromatic nitrogens is 2. The van der Waals surface area contributed by atoms with Crippen LogP contribution in [0.3, 0.4) is 0 Å². The molecule has 1 N–H and O–H groups in total. The van der Waals surface area contributed by atoms with E-state index in [1.165, 1.54) is 4.90 Å². The maximum Gasteiger partial charge on any atom is 0.419 e. The fourth-order valence-corrected chi connectivity index (χ4v) is 2.56. The monoisotopic (exact) mass is 385 g/mol. The van der Waals surface area contributed by atoms with Crippen molar-refractivity contribution < 1.29 is 22.4 Å². The number of aromatic amines is 1. The Morgan fingerprint density at radius 3 is 2.33 bits per heavy atom. The third-order valence-electron chi connectivity index (χ3n) is 4.10. The average Bonchev–Trinajstić information content (AvgIpc) is 2.52. The number of H-pyrrole nitrogens is 1. The van der Waals surface area contributed by atoms with Gasteiger partial charge in [-0.2, -0.15) is 13.2 Å². The van der Waals surface area contributed by atoms with Gasteiger partial charge in [-0.3, -0.25) is 14.6 Å². The summed E-state index contributed by atoms with van der Waals surface area (Å²) in [4.78, 5) is 32.3. The van der Waals surface area contributed by atoms with Crippen molar-refractivity contribution in [3.05, 3.63) is 57.3 Å². The molecule has 0 saturated carbocycles. The maximum atomic E-state index is 13.9. The van der Waals surface area contributed by atoms with Crippen molar-refractivity contribution in [2.45, 2.75) is 31.9 Å². The van der Waals surface area contributed by atoms with Crippen molar-refractivity contribution in [1.82, 2.24) is 9.97 Å². The minimum absolute atomic E-state index is 0.0668. The summed E-state index contributed by atoms with van der Waals surface area (Å²) in [6.45, 7) is 3.21. The van der Waals surface area contributed by atoms with E-state index in [4.69, 9.17) is 0 Å². The Labute approximate surface area is 153 Å². The number of nitrogens with zero attached hydrogens (tertiary/aromatic N) is 2. The molecular formula is C18H19F4N3O2. The maximum absolute atomic E-state index is 13.9. The highest BCUT2D eigenvalue weighted by atomic mass is 19.4. The lowest BCUT2D eigenvalue weighted by molar-refractivity contribution is -0.140. The first kappa shape index (κ1) is 20.6. The van der Waals surface area contributed by atoms with E-state index in [1.807, 2.05) is 0 Å². The summed E-state index contributed by atoms with van der Waals surface area (Å²) < 4.78 is 52.0. The molecule has 1 aromatic heterocycles. The predicted molar refractivity (Wildman–Crippen MR) is 92.6 cm³/mol. The number of halogens is 4. The van der Waals surface area contributed by atoms with Gasteiger partial charge in [0, 0.05) is 26.6 Å². The summed E-state index contributed by atoms with van der Waals surface area (Å²) in [5.41, 5.74) is -2.66. The Balaban J connectivity index is 2.32. The molecule has 0 amide bonds. The summed E-state index contributed by atoms with van der Waals surface area (Å²) in [6.07, 6.45) is -4.96. The molecule has 1 heterocycles. The van der Waals surface area contributed by atoms with E-state index in [0.717, 1.165) is 18.2 Å². The van der Waals surface area contributed by atoms with Crippen LogP contribution in [0.1, 0.15) is 41.9 Å². The number of hydrogen-bond acceptors (Lipinski definition) is 4. The molecule has 5 nitrogen and oxygen atoms in total. The largest absolute Gasteiger partial charge is 0.419 e. The molecule has 27 heavy (non-hydrogen) atoms. The summed E-state index contributed by atoms with van der Waals surface area (Å²) in [6, 6.07) is 3.65. The topological polar surface area (TPSA) is 66.1 Å². The second kappa shape index (κ2) is 7.13. The van der Waals surface area contributed by atoms with Crippen molar-refractivity contribution in [2.75, 3.05) is 19.0 Å². The molecule has 9 heteroatoms. The normalized spacial score (nSPS) is 12.1. The van der Waals surface area contributed by atoms with Crippen LogP contribution in [0.25, 0.3) is 0 Å². The number of carbonyl (C=O) groups is 1. The number of anilines is 1. The van der Waals surface area contributed by atoms with Crippen LogP contribution in [-0.4, -0.2) is 29.8 Å². The van der Waals surface area contributed by atoms with Crippen molar-refractivity contribution in [3.63, 3.8) is 0 Å². The Kier molecular flexibility index (Phi) is 5.44. The predicted octanol–water partition coefficient (Wildman–Crippen LogP) is 3.54. The van der Waals surface area contributed by atoms with Gasteiger partial charge in [-0.05, 0) is 23.1 Å². The van der Waals surface area contributed by atoms with Crippen molar-refractivity contribution in [3.8, 4) is 0 Å².